The van der Waals surface area contributed by atoms with Gasteiger partial charge in [-0.1, -0.05) is 0 Å². The first-order chi connectivity index (χ1) is 6.68. The van der Waals surface area contributed by atoms with Crippen LogP contribution in [-0.2, 0) is 11.8 Å². The van der Waals surface area contributed by atoms with Crippen LogP contribution in [0.3, 0.4) is 0 Å². The van der Waals surface area contributed by atoms with Crippen molar-refractivity contribution < 1.29 is 9.90 Å². The molecule has 0 spiro atoms. The summed E-state index contributed by atoms with van der Waals surface area (Å²) in [6, 6.07) is -0.459. The molecule has 0 bridgehead atoms. The first-order valence-corrected chi connectivity index (χ1v) is 4.63. The fourth-order valence-corrected chi connectivity index (χ4v) is 1.95. The predicted octanol–water partition coefficient (Wildman–Crippen LogP) is -0.0498. The van der Waals surface area contributed by atoms with E-state index in [1.54, 1.807) is 10.9 Å². The van der Waals surface area contributed by atoms with Gasteiger partial charge in [-0.2, -0.15) is 5.10 Å². The van der Waals surface area contributed by atoms with E-state index in [2.05, 4.69) is 10.4 Å². The minimum Gasteiger partial charge on any atom is -0.480 e. The molecule has 0 aromatic carbocycles. The Morgan fingerprint density at radius 3 is 3.14 bits per heavy atom. The molecule has 5 nitrogen and oxygen atoms in total. The van der Waals surface area contributed by atoms with Crippen LogP contribution in [0, 0.1) is 0 Å². The first-order valence-electron chi connectivity index (χ1n) is 4.63. The Morgan fingerprint density at radius 2 is 2.57 bits per heavy atom. The molecule has 2 N–H and O–H groups in total. The zero-order valence-corrected chi connectivity index (χ0v) is 7.97. The fourth-order valence-electron chi connectivity index (χ4n) is 1.95. The van der Waals surface area contributed by atoms with Gasteiger partial charge in [0.2, 0.25) is 0 Å². The molecule has 1 saturated heterocycles. The van der Waals surface area contributed by atoms with Gasteiger partial charge < -0.3 is 10.4 Å². The summed E-state index contributed by atoms with van der Waals surface area (Å²) in [6.45, 7) is 0.760. The van der Waals surface area contributed by atoms with E-state index in [0.717, 1.165) is 18.5 Å². The van der Waals surface area contributed by atoms with Crippen LogP contribution in [0.1, 0.15) is 17.9 Å². The van der Waals surface area contributed by atoms with Crippen LogP contribution in [0.4, 0.5) is 0 Å². The highest BCUT2D eigenvalue weighted by molar-refractivity contribution is 5.75. The average Bonchev–Trinajstić information content (AvgIpc) is 2.70. The van der Waals surface area contributed by atoms with Crippen molar-refractivity contribution in [3.8, 4) is 0 Å². The van der Waals surface area contributed by atoms with E-state index in [-0.39, 0.29) is 5.92 Å². The molecule has 2 rings (SSSR count). The molecule has 14 heavy (non-hydrogen) atoms. The average molecular weight is 195 g/mol. The van der Waals surface area contributed by atoms with E-state index in [9.17, 15) is 4.79 Å². The Labute approximate surface area is 81.7 Å². The summed E-state index contributed by atoms with van der Waals surface area (Å²) in [4.78, 5) is 10.9. The molecule has 2 unspecified atom stereocenters. The van der Waals surface area contributed by atoms with Gasteiger partial charge in [0.25, 0.3) is 0 Å². The standard InChI is InChI=1S/C9H13N3O2/c1-12-5-6(4-11-12)7-2-3-10-8(7)9(13)14/h4-5,7-8,10H,2-3H2,1H3,(H,13,14). The number of nitrogens with zero attached hydrogens (tertiary/aromatic N) is 2. The first kappa shape index (κ1) is 9.21. The molecule has 2 atom stereocenters. The third-order valence-corrected chi connectivity index (χ3v) is 2.64. The van der Waals surface area contributed by atoms with Gasteiger partial charge >= 0.3 is 5.97 Å². The number of hydrogen-bond acceptors (Lipinski definition) is 3. The summed E-state index contributed by atoms with van der Waals surface area (Å²) < 4.78 is 1.70. The molecule has 0 amide bonds. The number of nitrogens with one attached hydrogen (secondary N) is 1. The highest BCUT2D eigenvalue weighted by Crippen LogP contribution is 2.27. The Morgan fingerprint density at radius 1 is 1.79 bits per heavy atom. The Hall–Kier alpha value is -1.36. The molecule has 0 radical (unpaired) electrons. The molecule has 1 aromatic heterocycles. The van der Waals surface area contributed by atoms with Gasteiger partial charge in [-0.3, -0.25) is 9.48 Å². The maximum Gasteiger partial charge on any atom is 0.321 e. The van der Waals surface area contributed by atoms with Gasteiger partial charge in [0.15, 0.2) is 0 Å². The molecule has 76 valence electrons. The van der Waals surface area contributed by atoms with Crippen LogP contribution in [0.25, 0.3) is 0 Å². The number of aryl methyl sites for hydroxylation is 1. The molecule has 5 heteroatoms. The largest absolute Gasteiger partial charge is 0.480 e. The molecule has 0 aliphatic carbocycles. The lowest BCUT2D eigenvalue weighted by Gasteiger charge is -2.12. The van der Waals surface area contributed by atoms with E-state index in [1.807, 2.05) is 13.2 Å². The zero-order valence-electron chi connectivity index (χ0n) is 7.97. The number of carboxylic acid groups (broad SMARTS) is 1. The summed E-state index contributed by atoms with van der Waals surface area (Å²) in [5, 5.41) is 16.0. The molecular formula is C9H13N3O2. The molecule has 1 aliphatic rings. The summed E-state index contributed by atoms with van der Waals surface area (Å²) in [5.74, 6) is -0.724. The lowest BCUT2D eigenvalue weighted by molar-refractivity contribution is -0.139. The van der Waals surface area contributed by atoms with E-state index in [4.69, 9.17) is 5.11 Å². The molecular weight excluding hydrogens is 182 g/mol. The minimum atomic E-state index is -0.781. The van der Waals surface area contributed by atoms with Crippen LogP contribution >= 0.6 is 0 Å². The number of aromatic nitrogens is 2. The van der Waals surface area contributed by atoms with E-state index < -0.39 is 12.0 Å². The van der Waals surface area contributed by atoms with Crippen molar-refractivity contribution in [2.75, 3.05) is 6.54 Å². The van der Waals surface area contributed by atoms with Crippen LogP contribution in [0.15, 0.2) is 12.4 Å². The number of carbonyl (C=O) groups is 1. The van der Waals surface area contributed by atoms with Gasteiger partial charge in [0.1, 0.15) is 6.04 Å². The van der Waals surface area contributed by atoms with Crippen molar-refractivity contribution in [1.82, 2.24) is 15.1 Å². The van der Waals surface area contributed by atoms with Crippen molar-refractivity contribution in [1.29, 1.82) is 0 Å². The van der Waals surface area contributed by atoms with Crippen LogP contribution in [0.5, 0.6) is 0 Å². The Balaban J connectivity index is 2.21. The third kappa shape index (κ3) is 1.50. The SMILES string of the molecule is Cn1cc(C2CCNC2C(=O)O)cn1. The molecule has 1 aromatic rings. The lowest BCUT2D eigenvalue weighted by Crippen LogP contribution is -2.34. The number of carboxylic acids is 1. The third-order valence-electron chi connectivity index (χ3n) is 2.64. The molecule has 0 saturated carbocycles. The zero-order chi connectivity index (χ0) is 10.1. The van der Waals surface area contributed by atoms with Gasteiger partial charge in [-0.15, -0.1) is 0 Å². The van der Waals surface area contributed by atoms with Crippen molar-refractivity contribution in [3.05, 3.63) is 18.0 Å². The quantitative estimate of drug-likeness (QED) is 0.694. The summed E-state index contributed by atoms with van der Waals surface area (Å²) in [7, 11) is 1.83. The number of hydrogen-bond donors (Lipinski definition) is 2. The minimum absolute atomic E-state index is 0.0567. The van der Waals surface area contributed by atoms with Crippen molar-refractivity contribution in [2.24, 2.45) is 7.05 Å². The van der Waals surface area contributed by atoms with Gasteiger partial charge in [-0.05, 0) is 18.5 Å². The second-order valence-electron chi connectivity index (χ2n) is 3.61. The second-order valence-corrected chi connectivity index (χ2v) is 3.61. The van der Waals surface area contributed by atoms with E-state index in [1.165, 1.54) is 0 Å². The predicted molar refractivity (Wildman–Crippen MR) is 50.0 cm³/mol. The van der Waals surface area contributed by atoms with Crippen LogP contribution in [0.2, 0.25) is 0 Å². The topological polar surface area (TPSA) is 67.2 Å². The monoisotopic (exact) mass is 195 g/mol. The Bertz CT molecular complexity index is 348. The van der Waals surface area contributed by atoms with E-state index >= 15 is 0 Å². The number of rotatable bonds is 2. The van der Waals surface area contributed by atoms with Gasteiger partial charge in [0, 0.05) is 19.2 Å². The maximum atomic E-state index is 10.9. The van der Waals surface area contributed by atoms with Crippen molar-refractivity contribution >= 4 is 5.97 Å². The van der Waals surface area contributed by atoms with Crippen LogP contribution in [-0.4, -0.2) is 33.4 Å². The Kier molecular flexibility index (Phi) is 2.25. The van der Waals surface area contributed by atoms with Gasteiger partial charge in [-0.25, -0.2) is 0 Å². The summed E-state index contributed by atoms with van der Waals surface area (Å²) in [5.41, 5.74) is 1.00. The number of aliphatic carboxylic acids is 1. The molecule has 2 heterocycles. The summed E-state index contributed by atoms with van der Waals surface area (Å²) >= 11 is 0. The van der Waals surface area contributed by atoms with E-state index in [0.29, 0.717) is 0 Å². The summed E-state index contributed by atoms with van der Waals surface area (Å²) in [6.07, 6.45) is 4.49. The van der Waals surface area contributed by atoms with Crippen molar-refractivity contribution in [3.63, 3.8) is 0 Å². The highest BCUT2D eigenvalue weighted by Gasteiger charge is 2.34. The van der Waals surface area contributed by atoms with Crippen LogP contribution < -0.4 is 5.32 Å². The lowest BCUT2D eigenvalue weighted by atomic mass is 9.95. The molecule has 1 fully saturated rings. The second kappa shape index (κ2) is 3.42. The van der Waals surface area contributed by atoms with Gasteiger partial charge in [0.05, 0.1) is 6.20 Å². The smallest absolute Gasteiger partial charge is 0.321 e. The highest BCUT2D eigenvalue weighted by atomic mass is 16.4. The van der Waals surface area contributed by atoms with Crippen molar-refractivity contribution in [2.45, 2.75) is 18.4 Å². The normalized spacial score (nSPS) is 26.6. The fraction of sp³-hybridized carbons (Fsp3) is 0.556. The molecule has 1 aliphatic heterocycles. The maximum absolute atomic E-state index is 10.9.